The Bertz CT molecular complexity index is 356. The molecule has 22 heavy (non-hydrogen) atoms. The van der Waals surface area contributed by atoms with Crippen molar-refractivity contribution in [2.45, 2.75) is 52.2 Å². The summed E-state index contributed by atoms with van der Waals surface area (Å²) in [7, 11) is 0. The molecule has 4 heteroatoms. The number of nitrogens with zero attached hydrogens (tertiary/aromatic N) is 4. The Hall–Kier alpha value is -0.160. The molecule has 0 amide bonds. The molecule has 3 aliphatic heterocycles. The van der Waals surface area contributed by atoms with Crippen molar-refractivity contribution in [2.75, 3.05) is 58.9 Å². The highest BCUT2D eigenvalue weighted by Gasteiger charge is 2.38. The molecule has 4 nitrogen and oxygen atoms in total. The van der Waals surface area contributed by atoms with E-state index in [0.29, 0.717) is 5.54 Å². The topological polar surface area (TPSA) is 13.0 Å². The zero-order chi connectivity index (χ0) is 15.9. The molecule has 0 unspecified atom stereocenters. The second-order valence-electron chi connectivity index (χ2n) is 8.98. The monoisotopic (exact) mass is 308 g/mol. The van der Waals surface area contributed by atoms with E-state index in [1.54, 1.807) is 0 Å². The van der Waals surface area contributed by atoms with Gasteiger partial charge in [0.1, 0.15) is 0 Å². The Morgan fingerprint density at radius 3 is 2.00 bits per heavy atom. The Balaban J connectivity index is 1.32. The van der Waals surface area contributed by atoms with Crippen LogP contribution in [0.2, 0.25) is 0 Å². The fourth-order valence-corrected chi connectivity index (χ4v) is 4.19. The van der Waals surface area contributed by atoms with Crippen LogP contribution in [0.15, 0.2) is 0 Å². The summed E-state index contributed by atoms with van der Waals surface area (Å²) in [5, 5.41) is 0. The summed E-state index contributed by atoms with van der Waals surface area (Å²) in [4.78, 5) is 10.6. The van der Waals surface area contributed by atoms with E-state index in [2.05, 4.69) is 54.2 Å². The number of likely N-dealkylation sites (tertiary alicyclic amines) is 2. The number of hydrogen-bond acceptors (Lipinski definition) is 4. The number of rotatable bonds is 4. The lowest BCUT2D eigenvalue weighted by molar-refractivity contribution is -0.0355. The van der Waals surface area contributed by atoms with Crippen LogP contribution in [0.5, 0.6) is 0 Å². The van der Waals surface area contributed by atoms with Crippen molar-refractivity contribution >= 4 is 0 Å². The molecule has 128 valence electrons. The van der Waals surface area contributed by atoms with E-state index in [4.69, 9.17) is 0 Å². The summed E-state index contributed by atoms with van der Waals surface area (Å²) < 4.78 is 0. The molecule has 0 saturated carbocycles. The van der Waals surface area contributed by atoms with Crippen LogP contribution in [-0.2, 0) is 0 Å². The van der Waals surface area contributed by atoms with E-state index in [-0.39, 0.29) is 0 Å². The first-order valence-corrected chi connectivity index (χ1v) is 9.28. The smallest absolute Gasteiger partial charge is 0.0351 e. The molecule has 0 spiro atoms. The van der Waals surface area contributed by atoms with Gasteiger partial charge in [0, 0.05) is 76.5 Å². The largest absolute Gasteiger partial charge is 0.300 e. The van der Waals surface area contributed by atoms with Gasteiger partial charge in [-0.15, -0.1) is 0 Å². The van der Waals surface area contributed by atoms with Gasteiger partial charge in [-0.25, -0.2) is 0 Å². The second-order valence-corrected chi connectivity index (χ2v) is 8.98. The van der Waals surface area contributed by atoms with Crippen molar-refractivity contribution < 1.29 is 0 Å². The van der Waals surface area contributed by atoms with Crippen LogP contribution in [0.25, 0.3) is 0 Å². The van der Waals surface area contributed by atoms with E-state index in [1.165, 1.54) is 58.9 Å². The Kier molecular flexibility index (Phi) is 4.84. The SMILES string of the molecule is CC(C)N1CC(CN2CC(N3CCN(C(C)(C)C)CC3)C2)C1. The van der Waals surface area contributed by atoms with Gasteiger partial charge in [-0.05, 0) is 40.5 Å². The van der Waals surface area contributed by atoms with Crippen molar-refractivity contribution in [1.82, 2.24) is 19.6 Å². The highest BCUT2D eigenvalue weighted by atomic mass is 15.4. The molecule has 3 aliphatic rings. The van der Waals surface area contributed by atoms with Gasteiger partial charge >= 0.3 is 0 Å². The molecule has 3 rings (SSSR count). The molecule has 0 radical (unpaired) electrons. The van der Waals surface area contributed by atoms with Crippen LogP contribution in [0, 0.1) is 5.92 Å². The van der Waals surface area contributed by atoms with E-state index < -0.39 is 0 Å². The highest BCUT2D eigenvalue weighted by molar-refractivity contribution is 4.94. The molecule has 0 atom stereocenters. The first-order valence-electron chi connectivity index (χ1n) is 9.28. The zero-order valence-corrected chi connectivity index (χ0v) is 15.4. The fraction of sp³-hybridized carbons (Fsp3) is 1.00. The van der Waals surface area contributed by atoms with E-state index >= 15 is 0 Å². The van der Waals surface area contributed by atoms with Crippen LogP contribution in [0.1, 0.15) is 34.6 Å². The minimum absolute atomic E-state index is 0.338. The fourth-order valence-electron chi connectivity index (χ4n) is 4.19. The minimum Gasteiger partial charge on any atom is -0.300 e. The average Bonchev–Trinajstić information content (AvgIpc) is 2.33. The normalized spacial score (nSPS) is 28.1. The second kappa shape index (κ2) is 6.39. The number of hydrogen-bond donors (Lipinski definition) is 0. The molecule has 0 bridgehead atoms. The first kappa shape index (κ1) is 16.7. The average molecular weight is 309 g/mol. The van der Waals surface area contributed by atoms with Crippen LogP contribution in [0.3, 0.4) is 0 Å². The quantitative estimate of drug-likeness (QED) is 0.779. The third kappa shape index (κ3) is 3.66. The zero-order valence-electron chi connectivity index (χ0n) is 15.4. The summed E-state index contributed by atoms with van der Waals surface area (Å²) in [5.41, 5.74) is 0.338. The van der Waals surface area contributed by atoms with E-state index in [0.717, 1.165) is 18.0 Å². The van der Waals surface area contributed by atoms with E-state index in [1.807, 2.05) is 0 Å². The van der Waals surface area contributed by atoms with Crippen LogP contribution >= 0.6 is 0 Å². The summed E-state index contributed by atoms with van der Waals surface area (Å²) in [6.45, 7) is 23.3. The molecule has 0 aromatic carbocycles. The summed E-state index contributed by atoms with van der Waals surface area (Å²) in [5.74, 6) is 0.932. The lowest BCUT2D eigenvalue weighted by Gasteiger charge is -2.52. The van der Waals surface area contributed by atoms with Gasteiger partial charge < -0.3 is 4.90 Å². The van der Waals surface area contributed by atoms with Crippen molar-refractivity contribution in [1.29, 1.82) is 0 Å². The molecule has 0 N–H and O–H groups in total. The molecule has 3 fully saturated rings. The van der Waals surface area contributed by atoms with Crippen molar-refractivity contribution in [3.63, 3.8) is 0 Å². The van der Waals surface area contributed by atoms with Crippen molar-refractivity contribution in [3.05, 3.63) is 0 Å². The summed E-state index contributed by atoms with van der Waals surface area (Å²) >= 11 is 0. The molecular formula is C18H36N4. The number of piperazine rings is 1. The summed E-state index contributed by atoms with van der Waals surface area (Å²) in [6, 6.07) is 1.57. The Morgan fingerprint density at radius 2 is 1.50 bits per heavy atom. The standard InChI is InChI=1S/C18H36N4/c1-15(2)21-11-16(12-21)10-19-13-17(14-19)20-6-8-22(9-7-20)18(3,4)5/h15-17H,6-14H2,1-5H3. The maximum atomic E-state index is 2.74. The van der Waals surface area contributed by atoms with Gasteiger partial charge in [-0.2, -0.15) is 0 Å². The lowest BCUT2D eigenvalue weighted by Crippen LogP contribution is -2.66. The minimum atomic E-state index is 0.338. The first-order chi connectivity index (χ1) is 10.3. The third-order valence-electron chi connectivity index (χ3n) is 5.95. The van der Waals surface area contributed by atoms with Gasteiger partial charge in [-0.3, -0.25) is 14.7 Å². The van der Waals surface area contributed by atoms with Crippen LogP contribution in [-0.4, -0.2) is 96.1 Å². The van der Waals surface area contributed by atoms with Crippen molar-refractivity contribution in [3.8, 4) is 0 Å². The van der Waals surface area contributed by atoms with Gasteiger partial charge in [0.2, 0.25) is 0 Å². The maximum Gasteiger partial charge on any atom is 0.0351 e. The lowest BCUT2D eigenvalue weighted by atomic mass is 9.95. The Morgan fingerprint density at radius 1 is 0.909 bits per heavy atom. The Labute approximate surface area is 137 Å². The van der Waals surface area contributed by atoms with Crippen molar-refractivity contribution in [2.24, 2.45) is 5.92 Å². The highest BCUT2D eigenvalue weighted by Crippen LogP contribution is 2.24. The van der Waals surface area contributed by atoms with Gasteiger partial charge in [0.25, 0.3) is 0 Å². The van der Waals surface area contributed by atoms with Crippen LogP contribution in [0.4, 0.5) is 0 Å². The molecule has 3 saturated heterocycles. The van der Waals surface area contributed by atoms with Gasteiger partial charge in [0.05, 0.1) is 0 Å². The third-order valence-corrected chi connectivity index (χ3v) is 5.95. The molecule has 3 heterocycles. The summed E-state index contributed by atoms with van der Waals surface area (Å²) in [6.07, 6.45) is 0. The predicted octanol–water partition coefficient (Wildman–Crippen LogP) is 1.43. The van der Waals surface area contributed by atoms with Gasteiger partial charge in [-0.1, -0.05) is 0 Å². The predicted molar refractivity (Wildman–Crippen MR) is 93.3 cm³/mol. The maximum absolute atomic E-state index is 2.74. The molecule has 0 aromatic rings. The molecule has 0 aliphatic carbocycles. The van der Waals surface area contributed by atoms with Gasteiger partial charge in [0.15, 0.2) is 0 Å². The molecular weight excluding hydrogens is 272 g/mol. The van der Waals surface area contributed by atoms with Crippen LogP contribution < -0.4 is 0 Å². The molecule has 0 aromatic heterocycles. The van der Waals surface area contributed by atoms with E-state index in [9.17, 15) is 0 Å².